The molecule has 0 aliphatic carbocycles. The zero-order chi connectivity index (χ0) is 10.1. The van der Waals surface area contributed by atoms with Crippen molar-refractivity contribution in [1.29, 1.82) is 0 Å². The Labute approximate surface area is 92.7 Å². The molecule has 0 aromatic rings. The fourth-order valence-corrected chi connectivity index (χ4v) is 6.43. The Hall–Kier alpha value is 0.0969. The van der Waals surface area contributed by atoms with Crippen LogP contribution in [0.5, 0.6) is 0 Å². The van der Waals surface area contributed by atoms with Gasteiger partial charge in [0.1, 0.15) is 0 Å². The van der Waals surface area contributed by atoms with Gasteiger partial charge in [-0.05, 0) is 31.4 Å². The third-order valence-electron chi connectivity index (χ3n) is 3.68. The lowest BCUT2D eigenvalue weighted by Crippen LogP contribution is -2.38. The van der Waals surface area contributed by atoms with Gasteiger partial charge in [0.05, 0.1) is 34.2 Å². The van der Waals surface area contributed by atoms with E-state index in [9.17, 15) is 0 Å². The SMILES string of the molecule is C1CCC([SiH](CC2CO2)CC2CO2)OC1. The van der Waals surface area contributed by atoms with E-state index in [0.717, 1.165) is 19.8 Å². The van der Waals surface area contributed by atoms with E-state index >= 15 is 0 Å². The largest absolute Gasteiger partial charge is 0.382 e. The van der Waals surface area contributed by atoms with Gasteiger partial charge in [-0.2, -0.15) is 0 Å². The molecule has 0 N–H and O–H groups in total. The third-order valence-corrected chi connectivity index (χ3v) is 7.52. The van der Waals surface area contributed by atoms with Gasteiger partial charge in [0.2, 0.25) is 0 Å². The van der Waals surface area contributed by atoms with Crippen molar-refractivity contribution >= 4 is 8.80 Å². The maximum atomic E-state index is 5.95. The standard InChI is InChI=1S/C11H20O3Si/c1-2-4-12-11(3-1)15(7-9-5-13-9)8-10-6-14-10/h9-11,15H,1-8H2. The molecular formula is C11H20O3Si. The number of epoxide rings is 2. The highest BCUT2D eigenvalue weighted by Crippen LogP contribution is 2.29. The van der Waals surface area contributed by atoms with Crippen molar-refractivity contribution in [1.82, 2.24) is 0 Å². The molecular weight excluding hydrogens is 208 g/mol. The quantitative estimate of drug-likeness (QED) is 0.522. The number of rotatable bonds is 5. The number of hydrogen-bond acceptors (Lipinski definition) is 3. The minimum absolute atomic E-state index is 0.589. The smallest absolute Gasteiger partial charge is 0.0785 e. The molecule has 3 aliphatic rings. The van der Waals surface area contributed by atoms with Gasteiger partial charge >= 0.3 is 0 Å². The minimum atomic E-state index is -0.778. The number of ether oxygens (including phenoxy) is 3. The molecule has 3 rings (SSSR count). The third kappa shape index (κ3) is 3.03. The first-order valence-electron chi connectivity index (χ1n) is 6.26. The van der Waals surface area contributed by atoms with Crippen molar-refractivity contribution in [2.45, 2.75) is 49.3 Å². The summed E-state index contributed by atoms with van der Waals surface area (Å²) in [6.07, 6.45) is 5.11. The molecule has 15 heavy (non-hydrogen) atoms. The second-order valence-electron chi connectivity index (χ2n) is 5.05. The molecule has 0 radical (unpaired) electrons. The Balaban J connectivity index is 1.53. The predicted molar refractivity (Wildman–Crippen MR) is 59.8 cm³/mol. The summed E-state index contributed by atoms with van der Waals surface area (Å²) in [5.41, 5.74) is 0.618. The van der Waals surface area contributed by atoms with Crippen LogP contribution >= 0.6 is 0 Å². The van der Waals surface area contributed by atoms with Gasteiger partial charge < -0.3 is 14.2 Å². The molecule has 0 aromatic heterocycles. The lowest BCUT2D eigenvalue weighted by molar-refractivity contribution is 0.0616. The molecule has 86 valence electrons. The second kappa shape index (κ2) is 4.53. The summed E-state index contributed by atoms with van der Waals surface area (Å²) in [6, 6.07) is 2.65. The van der Waals surface area contributed by atoms with Crippen molar-refractivity contribution in [3.05, 3.63) is 0 Å². The van der Waals surface area contributed by atoms with Crippen LogP contribution in [0.1, 0.15) is 19.3 Å². The fraction of sp³-hybridized carbons (Fsp3) is 1.00. The van der Waals surface area contributed by atoms with Gasteiger partial charge in [0, 0.05) is 12.3 Å². The van der Waals surface area contributed by atoms with Crippen LogP contribution in [0.4, 0.5) is 0 Å². The molecule has 0 bridgehead atoms. The fourth-order valence-electron chi connectivity index (χ4n) is 2.62. The first-order valence-corrected chi connectivity index (χ1v) is 8.56. The molecule has 3 heterocycles. The first kappa shape index (κ1) is 10.3. The molecule has 0 amide bonds. The molecule has 3 aliphatic heterocycles. The molecule has 0 spiro atoms. The van der Waals surface area contributed by atoms with E-state index in [2.05, 4.69) is 0 Å². The Morgan fingerprint density at radius 2 is 1.60 bits per heavy atom. The molecule has 0 saturated carbocycles. The van der Waals surface area contributed by atoms with Crippen molar-refractivity contribution in [3.63, 3.8) is 0 Å². The van der Waals surface area contributed by atoms with Crippen LogP contribution in [0.15, 0.2) is 0 Å². The van der Waals surface area contributed by atoms with Crippen molar-refractivity contribution in [2.24, 2.45) is 0 Å². The monoisotopic (exact) mass is 228 g/mol. The van der Waals surface area contributed by atoms with E-state index in [-0.39, 0.29) is 0 Å². The predicted octanol–water partition coefficient (Wildman–Crippen LogP) is 1.12. The minimum Gasteiger partial charge on any atom is -0.382 e. The van der Waals surface area contributed by atoms with Crippen molar-refractivity contribution in [2.75, 3.05) is 19.8 Å². The maximum Gasteiger partial charge on any atom is 0.0785 e. The van der Waals surface area contributed by atoms with Crippen LogP contribution in [0.2, 0.25) is 12.1 Å². The van der Waals surface area contributed by atoms with Gasteiger partial charge in [-0.15, -0.1) is 0 Å². The summed E-state index contributed by atoms with van der Waals surface area (Å²) in [6.45, 7) is 2.99. The zero-order valence-electron chi connectivity index (χ0n) is 9.19. The lowest BCUT2D eigenvalue weighted by Gasteiger charge is -2.29. The van der Waals surface area contributed by atoms with Crippen LogP contribution in [0, 0.1) is 0 Å². The van der Waals surface area contributed by atoms with Crippen molar-refractivity contribution in [3.8, 4) is 0 Å². The Kier molecular flexibility index (Phi) is 3.10. The zero-order valence-corrected chi connectivity index (χ0v) is 10.3. The molecule has 3 atom stereocenters. The first-order chi connectivity index (χ1) is 7.42. The molecule has 3 unspecified atom stereocenters. The summed E-state index contributed by atoms with van der Waals surface area (Å²) < 4.78 is 16.7. The molecule has 3 saturated heterocycles. The van der Waals surface area contributed by atoms with Crippen LogP contribution in [0.25, 0.3) is 0 Å². The summed E-state index contributed by atoms with van der Waals surface area (Å²) in [5.74, 6) is 0. The molecule has 3 fully saturated rings. The van der Waals surface area contributed by atoms with Gasteiger partial charge in [-0.3, -0.25) is 0 Å². The lowest BCUT2D eigenvalue weighted by atomic mass is 10.2. The van der Waals surface area contributed by atoms with Gasteiger partial charge in [-0.25, -0.2) is 0 Å². The topological polar surface area (TPSA) is 34.3 Å². The van der Waals surface area contributed by atoms with E-state index in [1.54, 1.807) is 0 Å². The maximum absolute atomic E-state index is 5.95. The normalized spacial score (nSPS) is 41.2. The van der Waals surface area contributed by atoms with Gasteiger partial charge in [0.25, 0.3) is 0 Å². The van der Waals surface area contributed by atoms with Crippen LogP contribution in [-0.4, -0.2) is 46.6 Å². The second-order valence-corrected chi connectivity index (χ2v) is 8.25. The summed E-state index contributed by atoms with van der Waals surface area (Å²) in [7, 11) is -0.778. The van der Waals surface area contributed by atoms with E-state index < -0.39 is 8.80 Å². The van der Waals surface area contributed by atoms with E-state index in [0.29, 0.717) is 17.9 Å². The highest BCUT2D eigenvalue weighted by atomic mass is 28.3. The van der Waals surface area contributed by atoms with Crippen molar-refractivity contribution < 1.29 is 14.2 Å². The highest BCUT2D eigenvalue weighted by Gasteiger charge is 2.37. The Morgan fingerprint density at radius 3 is 2.07 bits per heavy atom. The average Bonchev–Trinajstić information content (AvgIpc) is 3.13. The van der Waals surface area contributed by atoms with Gasteiger partial charge in [-0.1, -0.05) is 0 Å². The van der Waals surface area contributed by atoms with E-state index in [1.165, 1.54) is 31.4 Å². The van der Waals surface area contributed by atoms with E-state index in [4.69, 9.17) is 14.2 Å². The van der Waals surface area contributed by atoms with Crippen LogP contribution < -0.4 is 0 Å². The number of hydrogen-bond donors (Lipinski definition) is 0. The molecule has 4 heteroatoms. The molecule has 0 aromatic carbocycles. The Morgan fingerprint density at radius 1 is 0.933 bits per heavy atom. The van der Waals surface area contributed by atoms with E-state index in [1.807, 2.05) is 0 Å². The summed E-state index contributed by atoms with van der Waals surface area (Å²) in [4.78, 5) is 0. The summed E-state index contributed by atoms with van der Waals surface area (Å²) >= 11 is 0. The summed E-state index contributed by atoms with van der Waals surface area (Å²) in [5, 5.41) is 0. The average molecular weight is 228 g/mol. The highest BCUT2D eigenvalue weighted by molar-refractivity contribution is 6.60. The Bertz CT molecular complexity index is 196. The molecule has 3 nitrogen and oxygen atoms in total. The van der Waals surface area contributed by atoms with Crippen LogP contribution in [0.3, 0.4) is 0 Å². The van der Waals surface area contributed by atoms with Crippen LogP contribution in [-0.2, 0) is 14.2 Å². The van der Waals surface area contributed by atoms with Gasteiger partial charge in [0.15, 0.2) is 0 Å².